The molecule has 2 N–H and O–H groups in total. The van der Waals surface area contributed by atoms with E-state index < -0.39 is 0 Å². The van der Waals surface area contributed by atoms with Crippen molar-refractivity contribution in [2.24, 2.45) is 10.9 Å². The van der Waals surface area contributed by atoms with E-state index >= 15 is 0 Å². The van der Waals surface area contributed by atoms with Crippen molar-refractivity contribution in [3.63, 3.8) is 0 Å². The summed E-state index contributed by atoms with van der Waals surface area (Å²) in [5, 5.41) is 9.85. The molecule has 0 aliphatic carbocycles. The number of benzene rings is 1. The van der Waals surface area contributed by atoms with Crippen molar-refractivity contribution in [3.05, 3.63) is 83.5 Å². The van der Waals surface area contributed by atoms with Gasteiger partial charge in [0.25, 0.3) is 0 Å². The van der Waals surface area contributed by atoms with Gasteiger partial charge in [-0.25, -0.2) is 4.98 Å². The van der Waals surface area contributed by atoms with Crippen molar-refractivity contribution < 1.29 is 14.1 Å². The van der Waals surface area contributed by atoms with Crippen LogP contribution in [0.15, 0.2) is 81.9 Å². The van der Waals surface area contributed by atoms with Gasteiger partial charge in [0.05, 0.1) is 4.88 Å². The van der Waals surface area contributed by atoms with Gasteiger partial charge in [-0.1, -0.05) is 34.6 Å². The molecule has 4 aromatic rings. The van der Waals surface area contributed by atoms with Crippen LogP contribution in [-0.4, -0.2) is 16.0 Å². The first-order valence-electron chi connectivity index (χ1n) is 8.42. The van der Waals surface area contributed by atoms with E-state index in [0.717, 1.165) is 4.88 Å². The van der Waals surface area contributed by atoms with Gasteiger partial charge >= 0.3 is 0 Å². The molecule has 0 spiro atoms. The summed E-state index contributed by atoms with van der Waals surface area (Å²) in [4.78, 5) is 10.5. The molecule has 4 rings (SSSR count). The average molecular weight is 392 g/mol. The van der Waals surface area contributed by atoms with Crippen molar-refractivity contribution in [1.29, 1.82) is 0 Å². The zero-order valence-corrected chi connectivity index (χ0v) is 15.5. The van der Waals surface area contributed by atoms with E-state index in [-0.39, 0.29) is 12.4 Å². The van der Waals surface area contributed by atoms with Crippen LogP contribution >= 0.6 is 11.3 Å². The zero-order chi connectivity index (χ0) is 19.2. The van der Waals surface area contributed by atoms with E-state index in [9.17, 15) is 0 Å². The van der Waals surface area contributed by atoms with Crippen LogP contribution in [0.4, 0.5) is 0 Å². The highest BCUT2D eigenvalue weighted by atomic mass is 32.1. The largest absolute Gasteiger partial charge is 0.439 e. The summed E-state index contributed by atoms with van der Waals surface area (Å²) in [6.45, 7) is 0.151. The molecular weight excluding hydrogens is 376 g/mol. The summed E-state index contributed by atoms with van der Waals surface area (Å²) in [5.41, 5.74) is 7.20. The van der Waals surface area contributed by atoms with Crippen LogP contribution < -0.4 is 10.5 Å². The Bertz CT molecular complexity index is 1040. The predicted octanol–water partition coefficient (Wildman–Crippen LogP) is 4.43. The number of aromatic nitrogens is 2. The van der Waals surface area contributed by atoms with Gasteiger partial charge in [0.15, 0.2) is 18.2 Å². The Balaban J connectivity index is 1.34. The number of amidine groups is 1. The third-order valence-corrected chi connectivity index (χ3v) is 4.58. The fourth-order valence-corrected chi connectivity index (χ4v) is 3.01. The lowest BCUT2D eigenvalue weighted by Gasteiger charge is -2.05. The Morgan fingerprint density at radius 1 is 1.11 bits per heavy atom. The summed E-state index contributed by atoms with van der Waals surface area (Å²) in [6.07, 6.45) is 1.57. The quantitative estimate of drug-likeness (QED) is 0.284. The number of oxime groups is 1. The topological polar surface area (TPSA) is 95.8 Å². The van der Waals surface area contributed by atoms with E-state index in [1.54, 1.807) is 29.7 Å². The molecule has 8 heteroatoms. The molecule has 3 aromatic heterocycles. The molecule has 0 aliphatic rings. The fraction of sp³-hybridized carbons (Fsp3) is 0.0500. The average Bonchev–Trinajstić information content (AvgIpc) is 3.41. The molecule has 0 amide bonds. The van der Waals surface area contributed by atoms with E-state index in [4.69, 9.17) is 19.8 Å². The molecule has 0 radical (unpaired) electrons. The van der Waals surface area contributed by atoms with Crippen molar-refractivity contribution >= 4 is 17.2 Å². The Morgan fingerprint density at radius 2 is 2.00 bits per heavy atom. The number of rotatable bonds is 7. The number of nitrogens with two attached hydrogens (primary N) is 1. The van der Waals surface area contributed by atoms with Crippen LogP contribution in [0.5, 0.6) is 11.6 Å². The number of ether oxygens (including phenoxy) is 1. The molecule has 28 heavy (non-hydrogen) atoms. The monoisotopic (exact) mass is 392 g/mol. The second-order valence-electron chi connectivity index (χ2n) is 5.71. The van der Waals surface area contributed by atoms with Crippen molar-refractivity contribution in [3.8, 4) is 22.3 Å². The fourth-order valence-electron chi connectivity index (χ4n) is 2.34. The Morgan fingerprint density at radius 3 is 2.75 bits per heavy atom. The molecule has 0 saturated heterocycles. The van der Waals surface area contributed by atoms with Gasteiger partial charge < -0.3 is 19.8 Å². The van der Waals surface area contributed by atoms with Gasteiger partial charge in [-0.2, -0.15) is 0 Å². The van der Waals surface area contributed by atoms with E-state index in [1.165, 1.54) is 0 Å². The molecule has 140 valence electrons. The zero-order valence-electron chi connectivity index (χ0n) is 14.7. The summed E-state index contributed by atoms with van der Waals surface area (Å²) < 4.78 is 10.9. The predicted molar refractivity (Wildman–Crippen MR) is 106 cm³/mol. The maximum atomic E-state index is 5.95. The van der Waals surface area contributed by atoms with Gasteiger partial charge in [0, 0.05) is 23.9 Å². The summed E-state index contributed by atoms with van der Waals surface area (Å²) >= 11 is 1.58. The molecule has 0 saturated carbocycles. The number of thiophene rings is 1. The first-order chi connectivity index (χ1) is 13.8. The minimum Gasteiger partial charge on any atom is -0.439 e. The third-order valence-electron chi connectivity index (χ3n) is 3.70. The number of pyridine rings is 1. The number of nitrogens with zero attached hydrogens (tertiary/aromatic N) is 3. The molecule has 0 bridgehead atoms. The lowest BCUT2D eigenvalue weighted by Crippen LogP contribution is -2.14. The smallest absolute Gasteiger partial charge is 0.219 e. The number of hydrogen-bond acceptors (Lipinski definition) is 7. The van der Waals surface area contributed by atoms with Crippen LogP contribution in [0, 0.1) is 0 Å². The first kappa shape index (κ1) is 17.7. The van der Waals surface area contributed by atoms with Crippen molar-refractivity contribution in [1.82, 2.24) is 10.1 Å². The maximum absolute atomic E-state index is 5.95. The first-order valence-corrected chi connectivity index (χ1v) is 9.30. The highest BCUT2D eigenvalue weighted by Gasteiger charge is 2.08. The summed E-state index contributed by atoms with van der Waals surface area (Å²) in [5.74, 6) is 2.08. The molecule has 3 heterocycles. The van der Waals surface area contributed by atoms with Crippen LogP contribution in [0.3, 0.4) is 0 Å². The Kier molecular flexibility index (Phi) is 5.30. The van der Waals surface area contributed by atoms with Crippen molar-refractivity contribution in [2.45, 2.75) is 6.61 Å². The molecule has 1 aromatic carbocycles. The highest BCUT2D eigenvalue weighted by Crippen LogP contribution is 2.25. The minimum absolute atomic E-state index is 0.151. The standard InChI is InChI=1S/C20H16N4O3S/c21-20(14-8-9-19(22-12-14)26-16-5-2-1-3-6-16)24-25-13-15-11-17(27-23-15)18-7-4-10-28-18/h1-12H,13H2,(H2,21,24). The van der Waals surface area contributed by atoms with E-state index in [1.807, 2.05) is 53.9 Å². The molecular formula is C20H16N4O3S. The molecule has 7 nitrogen and oxygen atoms in total. The molecule has 0 atom stereocenters. The van der Waals surface area contributed by atoms with Crippen LogP contribution in [0.1, 0.15) is 11.3 Å². The Hall–Kier alpha value is -3.65. The van der Waals surface area contributed by atoms with Gasteiger partial charge in [-0.3, -0.25) is 0 Å². The normalized spacial score (nSPS) is 11.4. The van der Waals surface area contributed by atoms with Gasteiger partial charge in [-0.05, 0) is 29.6 Å². The number of para-hydroxylation sites is 1. The van der Waals surface area contributed by atoms with Crippen LogP contribution in [0.2, 0.25) is 0 Å². The lowest BCUT2D eigenvalue weighted by atomic mass is 10.3. The van der Waals surface area contributed by atoms with Gasteiger partial charge in [0.1, 0.15) is 11.4 Å². The maximum Gasteiger partial charge on any atom is 0.219 e. The van der Waals surface area contributed by atoms with Crippen LogP contribution in [-0.2, 0) is 11.4 Å². The lowest BCUT2D eigenvalue weighted by molar-refractivity contribution is 0.125. The van der Waals surface area contributed by atoms with Crippen molar-refractivity contribution in [2.75, 3.05) is 0 Å². The van der Waals surface area contributed by atoms with Gasteiger partial charge in [0.2, 0.25) is 5.88 Å². The second-order valence-corrected chi connectivity index (χ2v) is 6.66. The van der Waals surface area contributed by atoms with Crippen LogP contribution in [0.25, 0.3) is 10.6 Å². The number of hydrogen-bond donors (Lipinski definition) is 1. The SMILES string of the molecule is N/C(=N/OCc1cc(-c2cccs2)on1)c1ccc(Oc2ccccc2)nc1. The molecule has 0 fully saturated rings. The molecule has 0 unspecified atom stereocenters. The molecule has 0 aliphatic heterocycles. The van der Waals surface area contributed by atoms with Gasteiger partial charge in [-0.15, -0.1) is 11.3 Å². The highest BCUT2D eigenvalue weighted by molar-refractivity contribution is 7.13. The Labute approximate surface area is 165 Å². The van der Waals surface area contributed by atoms with E-state index in [2.05, 4.69) is 15.3 Å². The summed E-state index contributed by atoms with van der Waals surface area (Å²) in [7, 11) is 0. The minimum atomic E-state index is 0.151. The second kappa shape index (κ2) is 8.36. The third kappa shape index (κ3) is 4.36. The summed E-state index contributed by atoms with van der Waals surface area (Å²) in [6, 6.07) is 18.6. The van der Waals surface area contributed by atoms with E-state index in [0.29, 0.717) is 28.6 Å².